The largest absolute Gasteiger partial charge is 0.508 e. The van der Waals surface area contributed by atoms with Gasteiger partial charge in [0.25, 0.3) is 0 Å². The maximum absolute atomic E-state index is 12.7. The predicted octanol–water partition coefficient (Wildman–Crippen LogP) is 10.1. The van der Waals surface area contributed by atoms with Crippen LogP contribution in [0, 0.1) is 58.2 Å². The van der Waals surface area contributed by atoms with Crippen LogP contribution in [0.25, 0.3) is 11.1 Å². The maximum Gasteiger partial charge on any atom is 0.188 e. The number of phenolic OH excluding ortho intramolecular Hbond substituents is 2. The van der Waals surface area contributed by atoms with Gasteiger partial charge in [0.1, 0.15) is 29.5 Å². The number of benzene rings is 3. The highest BCUT2D eigenvalue weighted by molar-refractivity contribution is 5.84. The van der Waals surface area contributed by atoms with Crippen LogP contribution in [0.5, 0.6) is 28.7 Å². The molecule has 2 spiro atoms. The zero-order chi connectivity index (χ0) is 55.0. The van der Waals surface area contributed by atoms with E-state index in [2.05, 4.69) is 56.5 Å². The summed E-state index contributed by atoms with van der Waals surface area (Å²) in [7, 11) is 1.71. The Morgan fingerprint density at radius 3 is 2.39 bits per heavy atom. The first-order chi connectivity index (χ1) is 38.1. The number of nitrogens with two attached hydrogens (primary N) is 1. The Morgan fingerprint density at radius 2 is 1.61 bits per heavy atom. The molecule has 1 saturated heterocycles. The molecule has 6 aliphatic carbocycles. The predicted molar refractivity (Wildman–Crippen MR) is 305 cm³/mol. The van der Waals surface area contributed by atoms with E-state index in [9.17, 15) is 30.6 Å². The van der Waals surface area contributed by atoms with Crippen molar-refractivity contribution >= 4 is 5.96 Å². The minimum Gasteiger partial charge on any atom is -0.508 e. The van der Waals surface area contributed by atoms with E-state index in [0.29, 0.717) is 91.7 Å². The van der Waals surface area contributed by atoms with E-state index in [1.165, 1.54) is 0 Å². The van der Waals surface area contributed by atoms with Gasteiger partial charge in [-0.3, -0.25) is 4.99 Å². The summed E-state index contributed by atoms with van der Waals surface area (Å²) in [6.45, 7) is 8.13. The highest BCUT2D eigenvalue weighted by atomic mass is 16.5. The first kappa shape index (κ1) is 54.8. The van der Waals surface area contributed by atoms with Gasteiger partial charge in [-0.15, -0.1) is 0 Å². The molecule has 0 radical (unpaired) electrons. The normalized spacial score (nSPS) is 36.6. The van der Waals surface area contributed by atoms with Gasteiger partial charge in [-0.25, -0.2) is 0 Å². The second-order valence-corrected chi connectivity index (χ2v) is 26.7. The average Bonchev–Trinajstić information content (AvgIpc) is 4.03. The van der Waals surface area contributed by atoms with Crippen LogP contribution < -0.4 is 25.3 Å². The first-order valence-electron chi connectivity index (χ1n) is 30.6. The molecule has 79 heavy (non-hydrogen) atoms. The van der Waals surface area contributed by atoms with Crippen molar-refractivity contribution in [2.24, 2.45) is 68.9 Å². The van der Waals surface area contributed by atoms with Crippen LogP contribution in [0.1, 0.15) is 157 Å². The molecule has 6 aliphatic heterocycles. The van der Waals surface area contributed by atoms with Gasteiger partial charge in [-0.1, -0.05) is 76.8 Å². The minimum absolute atomic E-state index is 0.00302. The Labute approximate surface area is 468 Å². The van der Waals surface area contributed by atoms with Crippen LogP contribution in [-0.4, -0.2) is 100 Å². The van der Waals surface area contributed by atoms with Gasteiger partial charge in [0, 0.05) is 67.7 Å². The van der Waals surface area contributed by atoms with E-state index in [1.807, 2.05) is 24.3 Å². The fourth-order valence-electron chi connectivity index (χ4n) is 17.8. The average molecular weight is 1080 g/mol. The Kier molecular flexibility index (Phi) is 15.1. The number of guanidine groups is 1. The fourth-order valence-corrected chi connectivity index (χ4v) is 17.8. The molecule has 12 aliphatic rings. The number of aromatic hydroxyl groups is 2. The molecule has 15 rings (SSSR count). The van der Waals surface area contributed by atoms with E-state index in [4.69, 9.17) is 29.7 Å². The monoisotopic (exact) mass is 1080 g/mol. The lowest BCUT2D eigenvalue weighted by molar-refractivity contribution is -0.174. The number of ether oxygens (including phenoxy) is 4. The highest BCUT2D eigenvalue weighted by Gasteiger charge is 2.59. The maximum atomic E-state index is 12.7. The summed E-state index contributed by atoms with van der Waals surface area (Å²) in [5.41, 5.74) is 12.4. The second kappa shape index (κ2) is 21.8. The number of nitrogens with one attached hydrogen (secondary N) is 1. The summed E-state index contributed by atoms with van der Waals surface area (Å²) in [4.78, 5) is 5.24. The van der Waals surface area contributed by atoms with E-state index in [1.54, 1.807) is 13.2 Å². The number of hydrogen-bond donors (Lipinski definition) is 8. The molecule has 3 saturated carbocycles. The standard InChI is InChI=1S/C66H89N3O10/c1-5-38-24-41-12-11-40(38)25-47(71)32-65(18-8-17-64(65)21-22-77-57(33-64)66(75)19-6-7-20-66)36-69-63(67)68-34-43-13-9-39-10-14-44(35-70)58(43)62(39)79-55-29-42(15-16-51(55)72)61-53(74)30-50-54(78-61)31-56(76-4)60-49-27-46(23-37(2)3)52(73)28-45(49)26-48(41)59(50)60/h9,11-13,15-16,27-29,31,37-41,43-44,47-48,53,57-58,61-62,70-75H,5-8,10,14,17-26,30,32-36H2,1-4H3,(H3,67,68,69)/t38-,39-,40+,41+,43-,44-,47-,48+,53-,57+,58+,61+,62-,64-,65-/m1/s1. The lowest BCUT2D eigenvalue weighted by atomic mass is 9.57. The molecule has 15 atom stereocenters. The molecule has 12 bridgehead atoms. The highest BCUT2D eigenvalue weighted by Crippen LogP contribution is 2.64. The van der Waals surface area contributed by atoms with Crippen LogP contribution in [0.4, 0.5) is 0 Å². The van der Waals surface area contributed by atoms with Gasteiger partial charge in [-0.05, 0) is 182 Å². The Hall–Kier alpha value is -4.79. The van der Waals surface area contributed by atoms with Crippen LogP contribution in [0.3, 0.4) is 0 Å². The summed E-state index contributed by atoms with van der Waals surface area (Å²) < 4.78 is 26.9. The fraction of sp³-hybridized carbons (Fsp3) is 0.652. The minimum atomic E-state index is -0.935. The van der Waals surface area contributed by atoms with Gasteiger partial charge in [0.2, 0.25) is 0 Å². The number of allylic oxidation sites excluding steroid dienone is 2. The van der Waals surface area contributed by atoms with E-state index < -0.39 is 23.9 Å². The van der Waals surface area contributed by atoms with Gasteiger partial charge >= 0.3 is 0 Å². The van der Waals surface area contributed by atoms with Gasteiger partial charge < -0.3 is 60.6 Å². The Bertz CT molecular complexity index is 2820. The van der Waals surface area contributed by atoms with Gasteiger partial charge in [-0.2, -0.15) is 0 Å². The van der Waals surface area contributed by atoms with Crippen LogP contribution in [0.15, 0.2) is 65.7 Å². The summed E-state index contributed by atoms with van der Waals surface area (Å²) in [5.74, 6) is 3.03. The molecule has 6 heterocycles. The van der Waals surface area contributed by atoms with Crippen molar-refractivity contribution in [3.63, 3.8) is 0 Å². The zero-order valence-corrected chi connectivity index (χ0v) is 47.3. The molecule has 3 aromatic rings. The number of aliphatic imine (C=N–C) groups is 1. The van der Waals surface area contributed by atoms with Crippen molar-refractivity contribution in [2.45, 2.75) is 178 Å². The molecule has 9 N–H and O–H groups in total. The van der Waals surface area contributed by atoms with Crippen molar-refractivity contribution in [3.8, 4) is 39.9 Å². The number of phenols is 2. The zero-order valence-electron chi connectivity index (χ0n) is 47.3. The summed E-state index contributed by atoms with van der Waals surface area (Å²) in [5, 5.41) is 74.9. The Morgan fingerprint density at radius 1 is 0.823 bits per heavy atom. The lowest BCUT2D eigenvalue weighted by Crippen LogP contribution is -2.54. The third kappa shape index (κ3) is 9.94. The van der Waals surface area contributed by atoms with Gasteiger partial charge in [0.05, 0.1) is 31.0 Å². The third-order valence-corrected chi connectivity index (χ3v) is 21.8. The molecule has 0 amide bonds. The van der Waals surface area contributed by atoms with E-state index in [-0.39, 0.29) is 76.8 Å². The van der Waals surface area contributed by atoms with Crippen molar-refractivity contribution in [2.75, 3.05) is 33.4 Å². The van der Waals surface area contributed by atoms with E-state index >= 15 is 0 Å². The second-order valence-electron chi connectivity index (χ2n) is 26.7. The molecule has 0 aromatic heterocycles. The van der Waals surface area contributed by atoms with E-state index in [0.717, 1.165) is 123 Å². The molecule has 4 fully saturated rings. The quantitative estimate of drug-likeness (QED) is 0.109. The van der Waals surface area contributed by atoms with Crippen molar-refractivity contribution < 1.29 is 49.6 Å². The topological polar surface area (TPSA) is 209 Å². The number of hydrogen-bond acceptors (Lipinski definition) is 13. The molecule has 3 aromatic carbocycles. The lowest BCUT2D eigenvalue weighted by Gasteiger charge is -2.53. The number of fused-ring (bicyclic) bond motifs is 2. The molecular formula is C66H89N3O10. The van der Waals surface area contributed by atoms with Crippen molar-refractivity contribution in [3.05, 3.63) is 88.5 Å². The third-order valence-electron chi connectivity index (χ3n) is 21.8. The SMILES string of the molecule is CC[C@@H]1C[C@@H]2C=C[C@H]1C[C@@H](O)C[C@]1(CCC[C@]13CCO[C@H](C1(O)CCCC1)C3)CN=C(N)NC[C@H]1C=C[C@@H]3CC[C@H](CO)[C@H]1[C@@H]3Oc1cc(ccc1O)[C@@H]1Oc3cc(OC)c4c(c3C[C@H]1O)[C@H]2Cc1cc(O)c(CC(C)C)cc1-4. The van der Waals surface area contributed by atoms with Crippen molar-refractivity contribution in [1.29, 1.82) is 0 Å². The number of aliphatic hydroxyl groups excluding tert-OH is 3. The number of rotatable bonds is 6. The van der Waals surface area contributed by atoms with Crippen molar-refractivity contribution in [1.82, 2.24) is 5.32 Å². The first-order valence-corrected chi connectivity index (χ1v) is 30.6. The Balaban J connectivity index is 0.964. The molecular weight excluding hydrogens is 995 g/mol. The van der Waals surface area contributed by atoms with Gasteiger partial charge in [0.15, 0.2) is 17.5 Å². The number of nitrogens with zero attached hydrogens (tertiary/aromatic N) is 1. The van der Waals surface area contributed by atoms with Crippen LogP contribution >= 0.6 is 0 Å². The summed E-state index contributed by atoms with van der Waals surface area (Å²) in [6.07, 6.45) is 20.9. The van der Waals surface area contributed by atoms with Crippen LogP contribution in [0.2, 0.25) is 0 Å². The summed E-state index contributed by atoms with van der Waals surface area (Å²) >= 11 is 0. The summed E-state index contributed by atoms with van der Waals surface area (Å²) in [6, 6.07) is 11.4. The molecule has 13 heteroatoms. The number of aliphatic hydroxyl groups is 4. The molecule has 428 valence electrons. The molecule has 0 unspecified atom stereocenters. The smallest absolute Gasteiger partial charge is 0.188 e. The molecule has 13 nitrogen and oxygen atoms in total. The number of methoxy groups -OCH3 is 1. The van der Waals surface area contributed by atoms with Crippen LogP contribution in [-0.2, 0) is 24.0 Å².